The van der Waals surface area contributed by atoms with E-state index in [2.05, 4.69) is 187 Å². The summed E-state index contributed by atoms with van der Waals surface area (Å²) in [6.07, 6.45) is 0. The summed E-state index contributed by atoms with van der Waals surface area (Å²) in [6, 6.07) is 68.4. The lowest BCUT2D eigenvalue weighted by Crippen LogP contribution is -2.59. The number of hydrogen-bond acceptors (Lipinski definition) is 0. The first-order valence-electron chi connectivity index (χ1n) is 18.0. The van der Waals surface area contributed by atoms with Crippen molar-refractivity contribution in [3.8, 4) is 39.1 Å². The van der Waals surface area contributed by atoms with Gasteiger partial charge in [-0.3, -0.25) is 0 Å². The number of hydrogen-bond donors (Lipinski definition) is 0. The van der Waals surface area contributed by atoms with Crippen LogP contribution in [-0.2, 0) is 5.41 Å². The normalized spacial score (nSPS) is 14.0. The van der Waals surface area contributed by atoms with Gasteiger partial charge in [0.15, 0.2) is 0 Å². The van der Waals surface area contributed by atoms with Gasteiger partial charge in [-0.15, -0.1) is 0 Å². The molecule has 234 valence electrons. The molecule has 12 rings (SSSR count). The Kier molecular flexibility index (Phi) is 5.31. The summed E-state index contributed by atoms with van der Waals surface area (Å²) in [5.74, 6) is 0. The molecule has 1 spiro atoms. The molecule has 2 heteroatoms. The van der Waals surface area contributed by atoms with E-state index in [-0.39, 0.29) is 12.1 Å². The van der Waals surface area contributed by atoms with Crippen LogP contribution in [-0.4, -0.2) is 11.3 Å². The lowest BCUT2D eigenvalue weighted by atomic mass is 9.32. The highest BCUT2D eigenvalue weighted by Crippen LogP contribution is 2.57. The van der Waals surface area contributed by atoms with E-state index < -0.39 is 0 Å². The van der Waals surface area contributed by atoms with Gasteiger partial charge < -0.3 is 4.57 Å². The molecule has 2 aliphatic heterocycles. The number of benzene rings is 8. The maximum atomic E-state index is 2.52. The molecule has 8 aromatic carbocycles. The van der Waals surface area contributed by atoms with Gasteiger partial charge in [0, 0.05) is 16.5 Å². The number of nitrogens with zero attached hydrogens (tertiary/aromatic N) is 1. The summed E-state index contributed by atoms with van der Waals surface area (Å²) in [4.78, 5) is 0. The predicted octanol–water partition coefficient (Wildman–Crippen LogP) is 9.62. The average Bonchev–Trinajstić information content (AvgIpc) is 3.82. The Morgan fingerprint density at radius 2 is 0.922 bits per heavy atom. The van der Waals surface area contributed by atoms with Crippen LogP contribution in [0.5, 0.6) is 0 Å². The van der Waals surface area contributed by atoms with Gasteiger partial charge in [0.05, 0.1) is 16.4 Å². The van der Waals surface area contributed by atoms with Gasteiger partial charge in [-0.25, -0.2) is 0 Å². The smallest absolute Gasteiger partial charge is 0.243 e. The highest BCUT2D eigenvalue weighted by atomic mass is 15.0. The molecule has 0 fully saturated rings. The lowest BCUT2D eigenvalue weighted by molar-refractivity contribution is 0.775. The van der Waals surface area contributed by atoms with E-state index in [0.29, 0.717) is 0 Å². The Labute approximate surface area is 297 Å². The third kappa shape index (κ3) is 3.38. The van der Waals surface area contributed by atoms with Crippen LogP contribution in [0.3, 0.4) is 0 Å². The van der Waals surface area contributed by atoms with Crippen molar-refractivity contribution in [2.45, 2.75) is 5.41 Å². The highest BCUT2D eigenvalue weighted by Gasteiger charge is 2.54. The van der Waals surface area contributed by atoms with Crippen molar-refractivity contribution in [3.05, 3.63) is 204 Å². The van der Waals surface area contributed by atoms with Crippen LogP contribution in [0, 0.1) is 0 Å². The largest absolute Gasteiger partial charge is 0.309 e. The fourth-order valence-electron chi connectivity index (χ4n) is 10.2. The minimum Gasteiger partial charge on any atom is -0.309 e. The van der Waals surface area contributed by atoms with E-state index in [1.165, 1.54) is 99.5 Å². The summed E-state index contributed by atoms with van der Waals surface area (Å²) in [6.45, 7) is 0.185. The van der Waals surface area contributed by atoms with Crippen molar-refractivity contribution >= 4 is 44.9 Å². The fourth-order valence-corrected chi connectivity index (χ4v) is 10.2. The van der Waals surface area contributed by atoms with Gasteiger partial charge in [0.1, 0.15) is 0 Å². The van der Waals surface area contributed by atoms with Crippen molar-refractivity contribution in [2.75, 3.05) is 0 Å². The van der Waals surface area contributed by atoms with E-state index in [1.54, 1.807) is 0 Å². The molecule has 51 heavy (non-hydrogen) atoms. The van der Waals surface area contributed by atoms with Crippen molar-refractivity contribution in [1.29, 1.82) is 0 Å². The van der Waals surface area contributed by atoms with Crippen LogP contribution in [0.4, 0.5) is 0 Å². The molecular formula is C49H30BN. The number of fused-ring (bicyclic) bond motifs is 15. The van der Waals surface area contributed by atoms with E-state index in [0.717, 1.165) is 0 Å². The summed E-state index contributed by atoms with van der Waals surface area (Å²) < 4.78 is 2.40. The Bertz CT molecular complexity index is 2830. The molecule has 0 saturated heterocycles. The highest BCUT2D eigenvalue weighted by molar-refractivity contribution is 7.00. The molecule has 0 saturated carbocycles. The molecule has 0 amide bonds. The van der Waals surface area contributed by atoms with Crippen LogP contribution in [0.2, 0.25) is 0 Å². The van der Waals surface area contributed by atoms with Crippen LogP contribution >= 0.6 is 0 Å². The maximum Gasteiger partial charge on any atom is 0.243 e. The quantitative estimate of drug-likeness (QED) is 0.165. The van der Waals surface area contributed by atoms with E-state index in [1.807, 2.05) is 0 Å². The summed E-state index contributed by atoms with van der Waals surface area (Å²) >= 11 is 0. The van der Waals surface area contributed by atoms with Gasteiger partial charge >= 0.3 is 0 Å². The second-order valence-electron chi connectivity index (χ2n) is 14.3. The zero-order chi connectivity index (χ0) is 33.3. The number of para-hydroxylation sites is 2. The monoisotopic (exact) mass is 643 g/mol. The SMILES string of the molecule is c1ccc2c(c1)B1c3cc(-c4ccc(-n5c6ccccc6c6ccccc65)cc4)ccc3C3(c4ccccc4-c4ccccc43)c3cccc-2c31. The minimum atomic E-state index is -0.384. The van der Waals surface area contributed by atoms with Gasteiger partial charge in [-0.05, 0) is 79.9 Å². The maximum absolute atomic E-state index is 2.52. The minimum absolute atomic E-state index is 0.185. The van der Waals surface area contributed by atoms with E-state index in [9.17, 15) is 0 Å². The Morgan fingerprint density at radius 3 is 1.63 bits per heavy atom. The second kappa shape index (κ2) is 9.87. The van der Waals surface area contributed by atoms with Crippen molar-refractivity contribution in [2.24, 2.45) is 0 Å². The fraction of sp³-hybridized carbons (Fsp3) is 0.0204. The third-order valence-corrected chi connectivity index (χ3v) is 12.1. The van der Waals surface area contributed by atoms with E-state index >= 15 is 0 Å². The summed E-state index contributed by atoms with van der Waals surface area (Å²) in [5.41, 5.74) is 21.1. The molecule has 0 N–H and O–H groups in total. The van der Waals surface area contributed by atoms with Crippen LogP contribution in [0.25, 0.3) is 60.9 Å². The van der Waals surface area contributed by atoms with Crippen molar-refractivity contribution < 1.29 is 0 Å². The molecule has 3 heterocycles. The first-order chi connectivity index (χ1) is 25.3. The molecular weight excluding hydrogens is 613 g/mol. The molecule has 0 radical (unpaired) electrons. The predicted molar refractivity (Wildman–Crippen MR) is 214 cm³/mol. The summed E-state index contributed by atoms with van der Waals surface area (Å²) in [7, 11) is 0. The topological polar surface area (TPSA) is 4.93 Å². The zero-order valence-corrected chi connectivity index (χ0v) is 27.8. The van der Waals surface area contributed by atoms with E-state index in [4.69, 9.17) is 0 Å². The zero-order valence-electron chi connectivity index (χ0n) is 27.8. The molecule has 0 unspecified atom stereocenters. The molecule has 0 bridgehead atoms. The Balaban J connectivity index is 1.10. The van der Waals surface area contributed by atoms with Crippen LogP contribution in [0.1, 0.15) is 22.3 Å². The van der Waals surface area contributed by atoms with Gasteiger partial charge in [0.25, 0.3) is 0 Å². The molecule has 1 aromatic heterocycles. The molecule has 3 aliphatic rings. The molecule has 1 nitrogen and oxygen atoms in total. The number of aromatic nitrogens is 1. The van der Waals surface area contributed by atoms with Crippen molar-refractivity contribution in [1.82, 2.24) is 4.57 Å². The Hall–Kier alpha value is -6.38. The first-order valence-corrected chi connectivity index (χ1v) is 18.0. The van der Waals surface area contributed by atoms with Crippen LogP contribution < -0.4 is 16.4 Å². The standard InChI is InChI=1S/C49H30BN/c1-6-18-40-34(12-1)35-13-2-7-19-41(35)49(40)42-29-26-32(30-45(42)50-44-21-8-3-14-36(44)39-17-11-20-43(49)48(39)50)31-24-27-33(28-25-31)51-46-22-9-4-15-37(46)38-16-5-10-23-47(38)51/h1-30H. The second-order valence-corrected chi connectivity index (χ2v) is 14.3. The van der Waals surface area contributed by atoms with Crippen LogP contribution in [0.15, 0.2) is 182 Å². The molecule has 0 atom stereocenters. The lowest BCUT2D eigenvalue weighted by Gasteiger charge is -2.42. The van der Waals surface area contributed by atoms with Gasteiger partial charge in [-0.1, -0.05) is 174 Å². The third-order valence-electron chi connectivity index (χ3n) is 12.1. The average molecular weight is 644 g/mol. The first kappa shape index (κ1) is 27.4. The van der Waals surface area contributed by atoms with Gasteiger partial charge in [0.2, 0.25) is 6.71 Å². The number of rotatable bonds is 2. The van der Waals surface area contributed by atoms with Gasteiger partial charge in [-0.2, -0.15) is 0 Å². The summed E-state index contributed by atoms with van der Waals surface area (Å²) in [5, 5.41) is 2.57. The van der Waals surface area contributed by atoms with Crippen molar-refractivity contribution in [3.63, 3.8) is 0 Å². The molecule has 9 aromatic rings. The Morgan fingerprint density at radius 1 is 0.373 bits per heavy atom. The molecule has 1 aliphatic carbocycles.